The van der Waals surface area contributed by atoms with Crippen LogP contribution in [-0.4, -0.2) is 47.3 Å². The van der Waals surface area contributed by atoms with Gasteiger partial charge in [0.2, 0.25) is 5.13 Å². The topological polar surface area (TPSA) is 95.3 Å². The zero-order chi connectivity index (χ0) is 21.0. The van der Waals surface area contributed by atoms with Gasteiger partial charge in [-0.1, -0.05) is 11.3 Å². The SMILES string of the molecule is COCCn1c(C)cc(C(=O)C(=O)Nc2nnc(-c3ccc(OC)cc3)s2)c1C. The molecule has 0 unspecified atom stereocenters. The highest BCUT2D eigenvalue weighted by Gasteiger charge is 2.23. The number of hydrogen-bond donors (Lipinski definition) is 1. The molecule has 0 aliphatic rings. The fourth-order valence-corrected chi connectivity index (χ4v) is 3.70. The van der Waals surface area contributed by atoms with Crippen molar-refractivity contribution in [3.63, 3.8) is 0 Å². The summed E-state index contributed by atoms with van der Waals surface area (Å²) in [7, 11) is 3.22. The van der Waals surface area contributed by atoms with Crippen molar-refractivity contribution in [1.82, 2.24) is 14.8 Å². The van der Waals surface area contributed by atoms with Crippen molar-refractivity contribution in [3.05, 3.63) is 47.3 Å². The van der Waals surface area contributed by atoms with Crippen molar-refractivity contribution < 1.29 is 19.1 Å². The number of hydrogen-bond acceptors (Lipinski definition) is 7. The quantitative estimate of drug-likeness (QED) is 0.450. The number of anilines is 1. The molecule has 0 atom stereocenters. The number of carbonyl (C=O) groups excluding carboxylic acids is 2. The summed E-state index contributed by atoms with van der Waals surface area (Å²) in [6.07, 6.45) is 0. The molecule has 1 N–H and O–H groups in total. The number of amides is 1. The molecule has 0 fully saturated rings. The molecule has 2 aromatic heterocycles. The molecule has 0 saturated heterocycles. The second kappa shape index (κ2) is 8.97. The molecule has 0 aliphatic heterocycles. The van der Waals surface area contributed by atoms with E-state index in [-0.39, 0.29) is 5.13 Å². The Balaban J connectivity index is 1.72. The molecule has 0 spiro atoms. The Morgan fingerprint density at radius 2 is 1.86 bits per heavy atom. The number of aromatic nitrogens is 3. The second-order valence-corrected chi connectivity index (χ2v) is 7.33. The molecular formula is C20H22N4O4S. The molecule has 1 amide bonds. The molecule has 0 radical (unpaired) electrons. The summed E-state index contributed by atoms with van der Waals surface area (Å²) in [6.45, 7) is 4.85. The maximum Gasteiger partial charge on any atom is 0.298 e. The van der Waals surface area contributed by atoms with Gasteiger partial charge in [0, 0.05) is 36.2 Å². The summed E-state index contributed by atoms with van der Waals surface area (Å²) >= 11 is 1.20. The number of nitrogens with one attached hydrogen (secondary N) is 1. The van der Waals surface area contributed by atoms with Crippen molar-refractivity contribution in [3.8, 4) is 16.3 Å². The van der Waals surface area contributed by atoms with Crippen LogP contribution >= 0.6 is 11.3 Å². The van der Waals surface area contributed by atoms with Crippen LogP contribution in [0.25, 0.3) is 10.6 Å². The summed E-state index contributed by atoms with van der Waals surface area (Å²) in [5.74, 6) is -0.613. The van der Waals surface area contributed by atoms with Gasteiger partial charge in [-0.3, -0.25) is 14.9 Å². The fourth-order valence-electron chi connectivity index (χ4n) is 2.96. The Bertz CT molecular complexity index is 1020. The van der Waals surface area contributed by atoms with Crippen LogP contribution in [0.2, 0.25) is 0 Å². The van der Waals surface area contributed by atoms with E-state index in [4.69, 9.17) is 9.47 Å². The van der Waals surface area contributed by atoms with E-state index in [0.29, 0.717) is 23.7 Å². The molecule has 3 rings (SSSR count). The van der Waals surface area contributed by atoms with Crippen molar-refractivity contribution in [2.45, 2.75) is 20.4 Å². The van der Waals surface area contributed by atoms with Gasteiger partial charge in [0.15, 0.2) is 0 Å². The molecule has 0 aliphatic carbocycles. The minimum atomic E-state index is -0.741. The molecular weight excluding hydrogens is 392 g/mol. The first kappa shape index (κ1) is 20.7. The third-order valence-corrected chi connectivity index (χ3v) is 5.41. The molecule has 3 aromatic rings. The van der Waals surface area contributed by atoms with Gasteiger partial charge in [-0.25, -0.2) is 0 Å². The predicted molar refractivity (Wildman–Crippen MR) is 111 cm³/mol. The average molecular weight is 414 g/mol. The Morgan fingerprint density at radius 1 is 1.14 bits per heavy atom. The summed E-state index contributed by atoms with van der Waals surface area (Å²) in [5, 5.41) is 11.5. The second-order valence-electron chi connectivity index (χ2n) is 6.35. The van der Waals surface area contributed by atoms with Crippen LogP contribution < -0.4 is 10.1 Å². The summed E-state index contributed by atoms with van der Waals surface area (Å²) < 4.78 is 12.2. The molecule has 152 valence electrons. The van der Waals surface area contributed by atoms with Gasteiger partial charge < -0.3 is 14.0 Å². The lowest BCUT2D eigenvalue weighted by Crippen LogP contribution is -2.23. The van der Waals surface area contributed by atoms with E-state index in [0.717, 1.165) is 22.7 Å². The molecule has 29 heavy (non-hydrogen) atoms. The van der Waals surface area contributed by atoms with E-state index in [1.54, 1.807) is 20.3 Å². The van der Waals surface area contributed by atoms with Gasteiger partial charge >= 0.3 is 0 Å². The van der Waals surface area contributed by atoms with Crippen LogP contribution in [0.15, 0.2) is 30.3 Å². The lowest BCUT2D eigenvalue weighted by molar-refractivity contribution is -0.112. The van der Waals surface area contributed by atoms with E-state index >= 15 is 0 Å². The molecule has 1 aromatic carbocycles. The number of carbonyl (C=O) groups is 2. The summed E-state index contributed by atoms with van der Waals surface area (Å²) in [5.41, 5.74) is 2.84. The van der Waals surface area contributed by atoms with E-state index in [1.807, 2.05) is 42.7 Å². The highest BCUT2D eigenvalue weighted by atomic mass is 32.1. The van der Waals surface area contributed by atoms with Gasteiger partial charge in [-0.15, -0.1) is 10.2 Å². The lowest BCUT2D eigenvalue weighted by Gasteiger charge is -2.08. The van der Waals surface area contributed by atoms with Crippen molar-refractivity contribution in [1.29, 1.82) is 0 Å². The standard InChI is InChI=1S/C20H22N4O4S/c1-12-11-16(13(2)24(12)9-10-27-3)17(25)18(26)21-20-23-22-19(29-20)14-5-7-15(28-4)8-6-14/h5-8,11H,9-10H2,1-4H3,(H,21,23,26). The zero-order valence-electron chi connectivity index (χ0n) is 16.7. The van der Waals surface area contributed by atoms with Crippen LogP contribution in [0.4, 0.5) is 5.13 Å². The number of methoxy groups -OCH3 is 2. The van der Waals surface area contributed by atoms with Gasteiger partial charge in [-0.05, 0) is 44.2 Å². The third kappa shape index (κ3) is 4.52. The number of ether oxygens (including phenoxy) is 2. The smallest absolute Gasteiger partial charge is 0.298 e. The number of aryl methyl sites for hydroxylation is 1. The van der Waals surface area contributed by atoms with Crippen molar-refractivity contribution in [2.75, 3.05) is 26.1 Å². The monoisotopic (exact) mass is 414 g/mol. The van der Waals surface area contributed by atoms with E-state index in [9.17, 15) is 9.59 Å². The van der Waals surface area contributed by atoms with Crippen LogP contribution in [0.5, 0.6) is 5.75 Å². The van der Waals surface area contributed by atoms with Crippen LogP contribution in [-0.2, 0) is 16.1 Å². The highest BCUT2D eigenvalue weighted by molar-refractivity contribution is 7.18. The minimum absolute atomic E-state index is 0.266. The first-order valence-corrected chi connectivity index (χ1v) is 9.75. The number of Topliss-reactive ketones (excluding diaryl/α,β-unsaturated/α-hetero) is 1. The molecule has 2 heterocycles. The first-order chi connectivity index (χ1) is 13.9. The molecule has 0 saturated carbocycles. The van der Waals surface area contributed by atoms with Crippen molar-refractivity contribution >= 4 is 28.2 Å². The van der Waals surface area contributed by atoms with Crippen molar-refractivity contribution in [2.24, 2.45) is 0 Å². The number of benzene rings is 1. The highest BCUT2D eigenvalue weighted by Crippen LogP contribution is 2.28. The van der Waals surface area contributed by atoms with Gasteiger partial charge in [0.1, 0.15) is 10.8 Å². The van der Waals surface area contributed by atoms with Crippen LogP contribution in [0.1, 0.15) is 21.7 Å². The summed E-state index contributed by atoms with van der Waals surface area (Å²) in [6, 6.07) is 9.06. The molecule has 0 bridgehead atoms. The predicted octanol–water partition coefficient (Wildman–Crippen LogP) is 3.10. The maximum absolute atomic E-state index is 12.6. The fraction of sp³-hybridized carbons (Fsp3) is 0.300. The van der Waals surface area contributed by atoms with E-state index in [2.05, 4.69) is 15.5 Å². The Morgan fingerprint density at radius 3 is 2.52 bits per heavy atom. The Kier molecular flexibility index (Phi) is 6.40. The lowest BCUT2D eigenvalue weighted by atomic mass is 10.1. The van der Waals surface area contributed by atoms with Gasteiger partial charge in [-0.2, -0.15) is 0 Å². The third-order valence-electron chi connectivity index (χ3n) is 4.53. The Labute approximate surface area is 172 Å². The number of ketones is 1. The molecule has 8 nitrogen and oxygen atoms in total. The normalized spacial score (nSPS) is 10.8. The van der Waals surface area contributed by atoms with Gasteiger partial charge in [0.05, 0.1) is 13.7 Å². The average Bonchev–Trinajstić information content (AvgIpc) is 3.30. The van der Waals surface area contributed by atoms with E-state index in [1.165, 1.54) is 11.3 Å². The number of rotatable bonds is 8. The Hall–Kier alpha value is -3.04. The van der Waals surface area contributed by atoms with Crippen LogP contribution in [0.3, 0.4) is 0 Å². The minimum Gasteiger partial charge on any atom is -0.497 e. The summed E-state index contributed by atoms with van der Waals surface area (Å²) in [4.78, 5) is 25.1. The molecule has 9 heteroatoms. The van der Waals surface area contributed by atoms with E-state index < -0.39 is 11.7 Å². The zero-order valence-corrected chi connectivity index (χ0v) is 17.5. The van der Waals surface area contributed by atoms with Gasteiger partial charge in [0.25, 0.3) is 11.7 Å². The largest absolute Gasteiger partial charge is 0.497 e. The van der Waals surface area contributed by atoms with Crippen LogP contribution in [0, 0.1) is 13.8 Å². The number of nitrogens with zero attached hydrogens (tertiary/aromatic N) is 3. The first-order valence-electron chi connectivity index (χ1n) is 8.94. The maximum atomic E-state index is 12.6.